The van der Waals surface area contributed by atoms with E-state index in [9.17, 15) is 5.11 Å². The van der Waals surface area contributed by atoms with Gasteiger partial charge in [-0.25, -0.2) is 4.99 Å². The first-order chi connectivity index (χ1) is 12.1. The standard InChI is InChI=1S/C19H27N3O3.HI/c1-4-20-19(21-13-17(23)18-7-6-12-25-18)22(3)14-15-8-10-16(11-9-15)24-5-2;/h6-12,17,23H,4-5,13-14H2,1-3H3,(H,20,21);1H. The van der Waals surface area contributed by atoms with Crippen molar-refractivity contribution < 1.29 is 14.3 Å². The fraction of sp³-hybridized carbons (Fsp3) is 0.421. The number of rotatable bonds is 8. The maximum atomic E-state index is 10.1. The summed E-state index contributed by atoms with van der Waals surface area (Å²) in [7, 11) is 1.97. The summed E-state index contributed by atoms with van der Waals surface area (Å²) in [6.07, 6.45) is 0.799. The van der Waals surface area contributed by atoms with Crippen molar-refractivity contribution in [2.24, 2.45) is 4.99 Å². The molecule has 0 bridgehead atoms. The highest BCUT2D eigenvalue weighted by atomic mass is 127. The molecule has 1 aromatic carbocycles. The summed E-state index contributed by atoms with van der Waals surface area (Å²) in [5.74, 6) is 2.13. The van der Waals surface area contributed by atoms with E-state index in [2.05, 4.69) is 10.3 Å². The van der Waals surface area contributed by atoms with Crippen molar-refractivity contribution in [3.05, 3.63) is 54.0 Å². The third-order valence-electron chi connectivity index (χ3n) is 3.64. The van der Waals surface area contributed by atoms with Gasteiger partial charge in [0.1, 0.15) is 17.6 Å². The summed E-state index contributed by atoms with van der Waals surface area (Å²) in [6.45, 7) is 6.34. The molecule has 7 heteroatoms. The van der Waals surface area contributed by atoms with Crippen LogP contribution in [0.1, 0.15) is 31.3 Å². The van der Waals surface area contributed by atoms with E-state index < -0.39 is 6.10 Å². The molecule has 0 amide bonds. The Kier molecular flexibility index (Phi) is 10.1. The highest BCUT2D eigenvalue weighted by molar-refractivity contribution is 14.0. The number of halogens is 1. The van der Waals surface area contributed by atoms with Crippen molar-refractivity contribution in [1.82, 2.24) is 10.2 Å². The molecule has 0 aliphatic rings. The Bertz CT molecular complexity index is 645. The quantitative estimate of drug-likeness (QED) is 0.350. The molecule has 0 radical (unpaired) electrons. The van der Waals surface area contributed by atoms with Crippen molar-refractivity contribution in [2.75, 3.05) is 26.7 Å². The molecule has 2 rings (SSSR count). The van der Waals surface area contributed by atoms with Gasteiger partial charge in [-0.15, -0.1) is 24.0 Å². The third-order valence-corrected chi connectivity index (χ3v) is 3.64. The predicted molar refractivity (Wildman–Crippen MR) is 114 cm³/mol. The van der Waals surface area contributed by atoms with Crippen LogP contribution in [0.15, 0.2) is 52.1 Å². The average Bonchev–Trinajstić information content (AvgIpc) is 3.15. The van der Waals surface area contributed by atoms with E-state index in [1.54, 1.807) is 18.4 Å². The lowest BCUT2D eigenvalue weighted by Gasteiger charge is -2.22. The van der Waals surface area contributed by atoms with Crippen LogP contribution >= 0.6 is 24.0 Å². The van der Waals surface area contributed by atoms with E-state index in [1.807, 2.05) is 50.1 Å². The van der Waals surface area contributed by atoms with Gasteiger partial charge in [-0.2, -0.15) is 0 Å². The topological polar surface area (TPSA) is 70.2 Å². The second kappa shape index (κ2) is 11.8. The third kappa shape index (κ3) is 6.87. The molecule has 0 aliphatic carbocycles. The highest BCUT2D eigenvalue weighted by Gasteiger charge is 2.12. The summed E-state index contributed by atoms with van der Waals surface area (Å²) < 4.78 is 10.7. The second-order valence-electron chi connectivity index (χ2n) is 5.66. The number of hydrogen-bond donors (Lipinski definition) is 2. The molecule has 2 N–H and O–H groups in total. The van der Waals surface area contributed by atoms with Crippen LogP contribution in [0.4, 0.5) is 0 Å². The van der Waals surface area contributed by atoms with E-state index in [0.717, 1.165) is 23.8 Å². The van der Waals surface area contributed by atoms with Gasteiger partial charge >= 0.3 is 0 Å². The normalized spacial score (nSPS) is 12.2. The minimum Gasteiger partial charge on any atom is -0.494 e. The number of benzene rings is 1. The summed E-state index contributed by atoms with van der Waals surface area (Å²) in [6, 6.07) is 11.5. The van der Waals surface area contributed by atoms with Crippen LogP contribution in [0.25, 0.3) is 0 Å². The van der Waals surface area contributed by atoms with Crippen molar-refractivity contribution in [3.8, 4) is 5.75 Å². The molecule has 144 valence electrons. The fourth-order valence-electron chi connectivity index (χ4n) is 2.42. The lowest BCUT2D eigenvalue weighted by molar-refractivity contribution is 0.158. The zero-order chi connectivity index (χ0) is 18.1. The van der Waals surface area contributed by atoms with Crippen molar-refractivity contribution in [3.63, 3.8) is 0 Å². The largest absolute Gasteiger partial charge is 0.494 e. The molecular weight excluding hydrogens is 445 g/mol. The van der Waals surface area contributed by atoms with Crippen LogP contribution in [0.3, 0.4) is 0 Å². The van der Waals surface area contributed by atoms with Crippen LogP contribution in [0.2, 0.25) is 0 Å². The number of aliphatic hydroxyl groups excluding tert-OH is 1. The molecule has 0 saturated carbocycles. The molecule has 26 heavy (non-hydrogen) atoms. The number of guanidine groups is 1. The van der Waals surface area contributed by atoms with E-state index in [1.165, 1.54) is 0 Å². The van der Waals surface area contributed by atoms with Gasteiger partial charge in [-0.1, -0.05) is 12.1 Å². The summed E-state index contributed by atoms with van der Waals surface area (Å²) in [5, 5.41) is 13.4. The first kappa shape index (κ1) is 22.3. The maximum absolute atomic E-state index is 10.1. The van der Waals surface area contributed by atoms with Gasteiger partial charge in [-0.3, -0.25) is 0 Å². The molecule has 0 fully saturated rings. The van der Waals surface area contributed by atoms with Crippen LogP contribution in [-0.4, -0.2) is 42.7 Å². The van der Waals surface area contributed by atoms with E-state index in [0.29, 0.717) is 18.9 Å². The predicted octanol–water partition coefficient (Wildman–Crippen LogP) is 3.43. The first-order valence-corrected chi connectivity index (χ1v) is 8.56. The molecule has 2 aromatic rings. The van der Waals surface area contributed by atoms with Gasteiger partial charge < -0.3 is 24.5 Å². The van der Waals surface area contributed by atoms with E-state index in [4.69, 9.17) is 9.15 Å². The molecule has 1 unspecified atom stereocenters. The van der Waals surface area contributed by atoms with E-state index in [-0.39, 0.29) is 30.5 Å². The monoisotopic (exact) mass is 473 g/mol. The number of furan rings is 1. The molecule has 1 aromatic heterocycles. The van der Waals surface area contributed by atoms with Gasteiger partial charge in [-0.05, 0) is 43.7 Å². The van der Waals surface area contributed by atoms with Crippen molar-refractivity contribution in [1.29, 1.82) is 0 Å². The SMILES string of the molecule is CCNC(=NCC(O)c1ccco1)N(C)Cc1ccc(OCC)cc1.I. The highest BCUT2D eigenvalue weighted by Crippen LogP contribution is 2.15. The van der Waals surface area contributed by atoms with Gasteiger partial charge in [0.05, 0.1) is 19.4 Å². The van der Waals surface area contributed by atoms with Crippen LogP contribution in [0.5, 0.6) is 5.75 Å². The Morgan fingerprint density at radius 2 is 2.00 bits per heavy atom. The Labute approximate surface area is 172 Å². The molecule has 0 saturated heterocycles. The number of hydrogen-bond acceptors (Lipinski definition) is 4. The second-order valence-corrected chi connectivity index (χ2v) is 5.66. The Morgan fingerprint density at radius 1 is 1.27 bits per heavy atom. The molecule has 1 atom stereocenters. The molecular formula is C19H28IN3O3. The lowest BCUT2D eigenvalue weighted by atomic mass is 10.2. The fourth-order valence-corrected chi connectivity index (χ4v) is 2.42. The Balaban J connectivity index is 0.00000338. The molecule has 6 nitrogen and oxygen atoms in total. The van der Waals surface area contributed by atoms with Crippen LogP contribution in [-0.2, 0) is 6.54 Å². The van der Waals surface area contributed by atoms with Gasteiger partial charge in [0.2, 0.25) is 0 Å². The smallest absolute Gasteiger partial charge is 0.194 e. The minimum absolute atomic E-state index is 0. The molecule has 1 heterocycles. The van der Waals surface area contributed by atoms with Crippen LogP contribution < -0.4 is 10.1 Å². The Hall–Kier alpha value is -1.74. The van der Waals surface area contributed by atoms with E-state index >= 15 is 0 Å². The summed E-state index contributed by atoms with van der Waals surface area (Å²) >= 11 is 0. The average molecular weight is 473 g/mol. The number of aliphatic hydroxyl groups is 1. The summed E-state index contributed by atoms with van der Waals surface area (Å²) in [5.41, 5.74) is 1.16. The van der Waals surface area contributed by atoms with Gasteiger partial charge in [0, 0.05) is 20.1 Å². The van der Waals surface area contributed by atoms with Crippen molar-refractivity contribution in [2.45, 2.75) is 26.5 Å². The van der Waals surface area contributed by atoms with Crippen LogP contribution in [0, 0.1) is 0 Å². The number of nitrogens with zero attached hydrogens (tertiary/aromatic N) is 2. The van der Waals surface area contributed by atoms with Gasteiger partial charge in [0.15, 0.2) is 5.96 Å². The number of nitrogens with one attached hydrogen (secondary N) is 1. The van der Waals surface area contributed by atoms with Crippen molar-refractivity contribution >= 4 is 29.9 Å². The molecule has 0 aliphatic heterocycles. The maximum Gasteiger partial charge on any atom is 0.194 e. The zero-order valence-corrected chi connectivity index (χ0v) is 17.8. The van der Waals surface area contributed by atoms with Gasteiger partial charge in [0.25, 0.3) is 0 Å². The first-order valence-electron chi connectivity index (χ1n) is 8.56. The minimum atomic E-state index is -0.748. The Morgan fingerprint density at radius 3 is 2.58 bits per heavy atom. The number of ether oxygens (including phenoxy) is 1. The zero-order valence-electron chi connectivity index (χ0n) is 15.5. The lowest BCUT2D eigenvalue weighted by Crippen LogP contribution is -2.38. The summed E-state index contributed by atoms with van der Waals surface area (Å²) in [4.78, 5) is 6.53. The molecule has 0 spiro atoms. The number of aliphatic imine (C=N–C) groups is 1.